The molecule has 5 nitrogen and oxygen atoms in total. The first kappa shape index (κ1) is 29.7. The van der Waals surface area contributed by atoms with Gasteiger partial charge in [-0.2, -0.15) is 11.8 Å². The Morgan fingerprint density at radius 1 is 1.11 bits per heavy atom. The van der Waals surface area contributed by atoms with Gasteiger partial charge in [-0.15, -0.1) is 11.8 Å². The standard InChI is InChI=1S/C26H27ClN2O3S2.Na.H/c1-29(2)25(30)12-13-33-17-34-24(16-26(31)32)20-5-3-4-18(14-20)6-10-22-11-8-19-7-9-21(27)15-23(19)28-22;;/h3-11,14-15,24H,12-13,16-17H2,1-2H3,(H,31,32);;. The van der Waals surface area contributed by atoms with Crippen LogP contribution in [0.2, 0.25) is 5.02 Å². The average Bonchev–Trinajstić information content (AvgIpc) is 2.81. The summed E-state index contributed by atoms with van der Waals surface area (Å²) in [5, 5.41) is 11.6. The first-order valence-electron chi connectivity index (χ1n) is 10.8. The van der Waals surface area contributed by atoms with Crippen molar-refractivity contribution in [2.24, 2.45) is 0 Å². The molecule has 0 bridgehead atoms. The van der Waals surface area contributed by atoms with Gasteiger partial charge in [0.2, 0.25) is 5.91 Å². The zero-order valence-electron chi connectivity index (χ0n) is 19.1. The second-order valence-corrected chi connectivity index (χ2v) is 11.0. The molecule has 0 spiro atoms. The van der Waals surface area contributed by atoms with Gasteiger partial charge in [0.1, 0.15) is 0 Å². The van der Waals surface area contributed by atoms with Crippen LogP contribution in [0, 0.1) is 0 Å². The predicted molar refractivity (Wildman–Crippen MR) is 152 cm³/mol. The molecule has 180 valence electrons. The Morgan fingerprint density at radius 3 is 2.63 bits per heavy atom. The summed E-state index contributed by atoms with van der Waals surface area (Å²) in [7, 11) is 3.50. The Kier molecular flexibility index (Phi) is 12.7. The quantitative estimate of drug-likeness (QED) is 0.188. The normalized spacial score (nSPS) is 11.9. The summed E-state index contributed by atoms with van der Waals surface area (Å²) < 4.78 is 0. The molecule has 3 aromatic rings. The molecule has 1 amide bonds. The first-order valence-corrected chi connectivity index (χ1v) is 13.4. The van der Waals surface area contributed by atoms with E-state index in [4.69, 9.17) is 11.6 Å². The van der Waals surface area contributed by atoms with Crippen LogP contribution in [0.5, 0.6) is 0 Å². The van der Waals surface area contributed by atoms with Crippen LogP contribution in [0.3, 0.4) is 0 Å². The van der Waals surface area contributed by atoms with Crippen molar-refractivity contribution in [1.29, 1.82) is 0 Å². The van der Waals surface area contributed by atoms with Crippen LogP contribution in [0.1, 0.15) is 34.9 Å². The third kappa shape index (κ3) is 9.83. The van der Waals surface area contributed by atoms with E-state index < -0.39 is 5.97 Å². The molecule has 0 saturated heterocycles. The van der Waals surface area contributed by atoms with Crippen LogP contribution in [-0.4, -0.2) is 81.4 Å². The summed E-state index contributed by atoms with van der Waals surface area (Å²) in [6.07, 6.45) is 4.45. The second kappa shape index (κ2) is 14.9. The van der Waals surface area contributed by atoms with Crippen molar-refractivity contribution in [3.8, 4) is 0 Å². The molecule has 0 aliphatic heterocycles. The van der Waals surface area contributed by atoms with E-state index in [0.717, 1.165) is 38.6 Å². The number of benzene rings is 2. The summed E-state index contributed by atoms with van der Waals surface area (Å²) in [5.41, 5.74) is 3.61. The maximum atomic E-state index is 11.7. The molecule has 1 unspecified atom stereocenters. The van der Waals surface area contributed by atoms with Gasteiger partial charge in [-0.25, -0.2) is 4.98 Å². The molecule has 1 aromatic heterocycles. The van der Waals surface area contributed by atoms with Crippen molar-refractivity contribution in [3.05, 3.63) is 76.4 Å². The summed E-state index contributed by atoms with van der Waals surface area (Å²) >= 11 is 9.34. The van der Waals surface area contributed by atoms with E-state index in [2.05, 4.69) is 4.98 Å². The van der Waals surface area contributed by atoms with Crippen LogP contribution < -0.4 is 0 Å². The van der Waals surface area contributed by atoms with Crippen LogP contribution in [-0.2, 0) is 9.59 Å². The molecule has 0 saturated carbocycles. The van der Waals surface area contributed by atoms with Crippen molar-refractivity contribution >= 4 is 99.6 Å². The summed E-state index contributed by atoms with van der Waals surface area (Å²) in [6, 6.07) is 17.5. The average molecular weight is 539 g/mol. The molecule has 1 N–H and O–H groups in total. The number of aromatic nitrogens is 1. The number of pyridine rings is 1. The Morgan fingerprint density at radius 2 is 1.89 bits per heavy atom. The van der Waals surface area contributed by atoms with Crippen molar-refractivity contribution in [3.63, 3.8) is 0 Å². The molecule has 2 aromatic carbocycles. The maximum absolute atomic E-state index is 11.7. The number of carboxylic acids is 1. The number of carbonyl (C=O) groups is 2. The molecule has 1 atom stereocenters. The number of thioether (sulfide) groups is 2. The molecule has 1 heterocycles. The molecular weight excluding hydrogens is 511 g/mol. The number of nitrogens with zero attached hydrogens (tertiary/aromatic N) is 2. The van der Waals surface area contributed by atoms with E-state index in [9.17, 15) is 14.7 Å². The molecule has 9 heteroatoms. The fourth-order valence-electron chi connectivity index (χ4n) is 3.25. The van der Waals surface area contributed by atoms with Crippen molar-refractivity contribution in [1.82, 2.24) is 9.88 Å². The van der Waals surface area contributed by atoms with Gasteiger partial charge in [-0.3, -0.25) is 9.59 Å². The fourth-order valence-corrected chi connectivity index (χ4v) is 5.85. The number of rotatable bonds is 11. The predicted octanol–water partition coefficient (Wildman–Crippen LogP) is 5.83. The van der Waals surface area contributed by atoms with Crippen molar-refractivity contribution in [2.45, 2.75) is 18.1 Å². The summed E-state index contributed by atoms with van der Waals surface area (Å²) in [5.74, 6) is -0.00960. The number of fused-ring (bicyclic) bond motifs is 1. The molecule has 0 aliphatic carbocycles. The number of aliphatic carboxylic acids is 1. The number of carbonyl (C=O) groups excluding carboxylic acids is 1. The zero-order valence-corrected chi connectivity index (χ0v) is 21.5. The molecule has 35 heavy (non-hydrogen) atoms. The van der Waals surface area contributed by atoms with E-state index in [1.54, 1.807) is 42.5 Å². The Labute approximate surface area is 242 Å². The van der Waals surface area contributed by atoms with Crippen LogP contribution in [0.4, 0.5) is 0 Å². The second-order valence-electron chi connectivity index (χ2n) is 7.89. The van der Waals surface area contributed by atoms with Crippen LogP contribution in [0.15, 0.2) is 54.6 Å². The van der Waals surface area contributed by atoms with Crippen LogP contribution in [0.25, 0.3) is 23.1 Å². The Balaban J connectivity index is 0.00000432. The van der Waals surface area contributed by atoms with Crippen molar-refractivity contribution in [2.75, 3.05) is 24.9 Å². The summed E-state index contributed by atoms with van der Waals surface area (Å²) in [4.78, 5) is 29.4. The van der Waals surface area contributed by atoms with E-state index in [1.807, 2.05) is 66.7 Å². The topological polar surface area (TPSA) is 70.5 Å². The zero-order chi connectivity index (χ0) is 24.5. The van der Waals surface area contributed by atoms with Gasteiger partial charge < -0.3 is 10.0 Å². The van der Waals surface area contributed by atoms with E-state index >= 15 is 0 Å². The van der Waals surface area contributed by atoms with Gasteiger partial charge in [0.15, 0.2) is 0 Å². The van der Waals surface area contributed by atoms with Gasteiger partial charge >= 0.3 is 35.5 Å². The molecule has 3 rings (SSSR count). The molecular formula is C26H28ClN2NaO3S2. The molecule has 0 aliphatic rings. The van der Waals surface area contributed by atoms with E-state index in [1.165, 1.54) is 0 Å². The van der Waals surface area contributed by atoms with E-state index in [0.29, 0.717) is 11.4 Å². The third-order valence-corrected chi connectivity index (χ3v) is 7.86. The SMILES string of the molecule is CN(C)C(=O)CCSCSC(CC(=O)O)c1cccc(C=Cc2ccc3ccc(Cl)cc3n2)c1.[NaH]. The molecule has 0 fully saturated rings. The van der Waals surface area contributed by atoms with Crippen molar-refractivity contribution < 1.29 is 14.7 Å². The number of carboxylic acid groups (broad SMARTS) is 1. The first-order chi connectivity index (χ1) is 16.3. The number of hydrogen-bond acceptors (Lipinski definition) is 5. The van der Waals surface area contributed by atoms with Crippen LogP contribution >= 0.6 is 35.1 Å². The third-order valence-electron chi connectivity index (χ3n) is 5.08. The van der Waals surface area contributed by atoms with E-state index in [-0.39, 0.29) is 47.1 Å². The minimum absolute atomic E-state index is 0. The minimum atomic E-state index is -0.828. The summed E-state index contributed by atoms with van der Waals surface area (Å²) in [6.45, 7) is 0. The van der Waals surface area contributed by atoms with Gasteiger partial charge in [-0.1, -0.05) is 54.1 Å². The number of amides is 1. The van der Waals surface area contributed by atoms with Gasteiger partial charge in [0.05, 0.1) is 17.6 Å². The van der Waals surface area contributed by atoms with Gasteiger partial charge in [-0.05, 0) is 35.4 Å². The van der Waals surface area contributed by atoms with Gasteiger partial charge in [0.25, 0.3) is 0 Å². The Hall–Kier alpha value is -1.48. The Bertz CT molecular complexity index is 1190. The number of halogens is 1. The number of hydrogen-bond donors (Lipinski definition) is 1. The monoisotopic (exact) mass is 538 g/mol. The van der Waals surface area contributed by atoms with Gasteiger partial charge in [0, 0.05) is 47.0 Å². The fraction of sp³-hybridized carbons (Fsp3) is 0.269. The molecule has 0 radical (unpaired) electrons.